The van der Waals surface area contributed by atoms with Gasteiger partial charge in [-0.25, -0.2) is 4.98 Å². The van der Waals surface area contributed by atoms with Crippen molar-refractivity contribution in [3.05, 3.63) is 47.0 Å². The molecule has 0 fully saturated rings. The number of hydrogen-bond acceptors (Lipinski definition) is 2. The van der Waals surface area contributed by atoms with Gasteiger partial charge < -0.3 is 9.30 Å². The van der Waals surface area contributed by atoms with Crippen LogP contribution in [-0.2, 0) is 13.7 Å². The van der Waals surface area contributed by atoms with E-state index in [1.54, 1.807) is 0 Å². The maximum absolute atomic E-state index is 5.99. The second-order valence-electron chi connectivity index (χ2n) is 3.57. The third-order valence-electron chi connectivity index (χ3n) is 2.53. The lowest BCUT2D eigenvalue weighted by molar-refractivity contribution is 0.297. The van der Waals surface area contributed by atoms with Gasteiger partial charge in [0.1, 0.15) is 18.2 Å². The molecule has 1 aromatic carbocycles. The zero-order chi connectivity index (χ0) is 11.5. The van der Waals surface area contributed by atoms with Gasteiger partial charge in [-0.05, 0) is 19.1 Å². The first kappa shape index (κ1) is 11.0. The second-order valence-corrected chi connectivity index (χ2v) is 3.98. The topological polar surface area (TPSA) is 27.1 Å². The van der Waals surface area contributed by atoms with Crippen LogP contribution in [0.5, 0.6) is 5.75 Å². The quantitative estimate of drug-likeness (QED) is 0.819. The first-order valence-electron chi connectivity index (χ1n) is 5.03. The first-order valence-corrected chi connectivity index (χ1v) is 5.41. The monoisotopic (exact) mass is 236 g/mol. The van der Waals surface area contributed by atoms with E-state index in [0.29, 0.717) is 17.4 Å². The normalized spacial score (nSPS) is 10.4. The summed E-state index contributed by atoms with van der Waals surface area (Å²) in [7, 11) is 1.97. The van der Waals surface area contributed by atoms with E-state index in [0.717, 1.165) is 11.5 Å². The predicted octanol–water partition coefficient (Wildman–Crippen LogP) is 2.96. The lowest BCUT2D eigenvalue weighted by Crippen LogP contribution is -2.03. The molecule has 0 bridgehead atoms. The van der Waals surface area contributed by atoms with Gasteiger partial charge >= 0.3 is 0 Å². The summed E-state index contributed by atoms with van der Waals surface area (Å²) < 4.78 is 7.62. The lowest BCUT2D eigenvalue weighted by atomic mass is 10.3. The molecule has 0 atom stereocenters. The number of halogens is 1. The predicted molar refractivity (Wildman–Crippen MR) is 63.7 cm³/mol. The lowest BCUT2D eigenvalue weighted by Gasteiger charge is -2.08. The summed E-state index contributed by atoms with van der Waals surface area (Å²) in [5.74, 6) is 1.67. The summed E-state index contributed by atoms with van der Waals surface area (Å²) in [6.07, 6.45) is 1.81. The highest BCUT2D eigenvalue weighted by Crippen LogP contribution is 2.23. The number of ether oxygens (including phenoxy) is 1. The minimum absolute atomic E-state index is 0.473. The number of aryl methyl sites for hydroxylation is 1. The molecule has 0 aliphatic carbocycles. The SMILES string of the molecule is Cc1ncc(COc2ccccc2Cl)n1C. The van der Waals surface area contributed by atoms with Gasteiger partial charge in [0, 0.05) is 7.05 Å². The maximum atomic E-state index is 5.99. The van der Waals surface area contributed by atoms with Gasteiger partial charge in [-0.2, -0.15) is 0 Å². The molecular weight excluding hydrogens is 224 g/mol. The van der Waals surface area contributed by atoms with E-state index in [1.165, 1.54) is 0 Å². The Kier molecular flexibility index (Phi) is 3.15. The molecule has 4 heteroatoms. The zero-order valence-corrected chi connectivity index (χ0v) is 10.0. The Bertz CT molecular complexity index is 494. The van der Waals surface area contributed by atoms with Gasteiger partial charge in [0.25, 0.3) is 0 Å². The molecule has 1 aromatic heterocycles. The van der Waals surface area contributed by atoms with Crippen LogP contribution >= 0.6 is 11.6 Å². The highest BCUT2D eigenvalue weighted by atomic mass is 35.5. The Balaban J connectivity index is 2.08. The van der Waals surface area contributed by atoms with Gasteiger partial charge in [-0.15, -0.1) is 0 Å². The number of imidazole rings is 1. The molecule has 3 nitrogen and oxygen atoms in total. The van der Waals surface area contributed by atoms with Crippen LogP contribution in [-0.4, -0.2) is 9.55 Å². The van der Waals surface area contributed by atoms with Crippen LogP contribution in [0.4, 0.5) is 0 Å². The summed E-state index contributed by atoms with van der Waals surface area (Å²) in [5.41, 5.74) is 1.03. The molecule has 84 valence electrons. The van der Waals surface area contributed by atoms with Crippen molar-refractivity contribution in [1.82, 2.24) is 9.55 Å². The van der Waals surface area contributed by atoms with Crippen LogP contribution in [0, 0.1) is 6.92 Å². The third-order valence-corrected chi connectivity index (χ3v) is 2.84. The number of hydrogen-bond donors (Lipinski definition) is 0. The molecular formula is C12H13ClN2O. The van der Waals surface area contributed by atoms with Crippen LogP contribution < -0.4 is 4.74 Å². The minimum Gasteiger partial charge on any atom is -0.486 e. The summed E-state index contributed by atoms with van der Waals surface area (Å²) in [6, 6.07) is 7.44. The van der Waals surface area contributed by atoms with Crippen molar-refractivity contribution >= 4 is 11.6 Å². The Morgan fingerprint density at radius 3 is 2.75 bits per heavy atom. The summed E-state index contributed by atoms with van der Waals surface area (Å²) >= 11 is 5.99. The fourth-order valence-electron chi connectivity index (χ4n) is 1.40. The molecule has 0 saturated carbocycles. The maximum Gasteiger partial charge on any atom is 0.138 e. The molecule has 0 saturated heterocycles. The van der Waals surface area contributed by atoms with Crippen molar-refractivity contribution in [1.29, 1.82) is 0 Å². The third kappa shape index (κ3) is 2.19. The van der Waals surface area contributed by atoms with E-state index >= 15 is 0 Å². The number of benzene rings is 1. The van der Waals surface area contributed by atoms with Crippen molar-refractivity contribution < 1.29 is 4.74 Å². The summed E-state index contributed by atoms with van der Waals surface area (Å²) in [5, 5.41) is 0.626. The smallest absolute Gasteiger partial charge is 0.138 e. The molecule has 0 radical (unpaired) electrons. The minimum atomic E-state index is 0.473. The summed E-state index contributed by atoms with van der Waals surface area (Å²) in [4.78, 5) is 4.20. The van der Waals surface area contributed by atoms with Crippen LogP contribution in [0.2, 0.25) is 5.02 Å². The van der Waals surface area contributed by atoms with Gasteiger partial charge in [-0.1, -0.05) is 23.7 Å². The molecule has 0 aliphatic rings. The Morgan fingerprint density at radius 1 is 1.38 bits per heavy atom. The molecule has 0 unspecified atom stereocenters. The molecule has 1 heterocycles. The Labute approximate surface area is 99.6 Å². The van der Waals surface area contributed by atoms with E-state index < -0.39 is 0 Å². The number of aromatic nitrogens is 2. The highest BCUT2D eigenvalue weighted by Gasteiger charge is 2.05. The standard InChI is InChI=1S/C12H13ClN2O/c1-9-14-7-10(15(9)2)8-16-12-6-4-3-5-11(12)13/h3-7H,8H2,1-2H3. The van der Waals surface area contributed by atoms with E-state index in [9.17, 15) is 0 Å². The highest BCUT2D eigenvalue weighted by molar-refractivity contribution is 6.32. The Morgan fingerprint density at radius 2 is 2.12 bits per heavy atom. The average molecular weight is 237 g/mol. The zero-order valence-electron chi connectivity index (χ0n) is 9.27. The van der Waals surface area contributed by atoms with Gasteiger partial charge in [-0.3, -0.25) is 0 Å². The molecule has 2 rings (SSSR count). The van der Waals surface area contributed by atoms with E-state index in [2.05, 4.69) is 4.98 Å². The number of rotatable bonds is 3. The first-order chi connectivity index (χ1) is 7.68. The Hall–Kier alpha value is -1.48. The van der Waals surface area contributed by atoms with Crippen LogP contribution in [0.15, 0.2) is 30.5 Å². The molecule has 0 amide bonds. The van der Waals surface area contributed by atoms with Crippen molar-refractivity contribution in [2.75, 3.05) is 0 Å². The van der Waals surface area contributed by atoms with E-state index in [1.807, 2.05) is 49.0 Å². The van der Waals surface area contributed by atoms with Crippen molar-refractivity contribution in [2.24, 2.45) is 7.05 Å². The largest absolute Gasteiger partial charge is 0.486 e. The van der Waals surface area contributed by atoms with Gasteiger partial charge in [0.05, 0.1) is 16.9 Å². The van der Waals surface area contributed by atoms with Crippen molar-refractivity contribution in [3.63, 3.8) is 0 Å². The fraction of sp³-hybridized carbons (Fsp3) is 0.250. The molecule has 16 heavy (non-hydrogen) atoms. The molecule has 0 spiro atoms. The molecule has 0 aliphatic heterocycles. The number of nitrogens with zero attached hydrogens (tertiary/aromatic N) is 2. The molecule has 2 aromatic rings. The van der Waals surface area contributed by atoms with Crippen LogP contribution in [0.25, 0.3) is 0 Å². The average Bonchev–Trinajstić information content (AvgIpc) is 2.59. The van der Waals surface area contributed by atoms with Gasteiger partial charge in [0.15, 0.2) is 0 Å². The second kappa shape index (κ2) is 4.58. The number of para-hydroxylation sites is 1. The van der Waals surface area contributed by atoms with Crippen LogP contribution in [0.3, 0.4) is 0 Å². The van der Waals surface area contributed by atoms with Crippen LogP contribution in [0.1, 0.15) is 11.5 Å². The van der Waals surface area contributed by atoms with Crippen molar-refractivity contribution in [2.45, 2.75) is 13.5 Å². The fourth-order valence-corrected chi connectivity index (χ4v) is 1.59. The van der Waals surface area contributed by atoms with Gasteiger partial charge in [0.2, 0.25) is 0 Å². The van der Waals surface area contributed by atoms with Crippen molar-refractivity contribution in [3.8, 4) is 5.75 Å². The van der Waals surface area contributed by atoms with E-state index in [-0.39, 0.29) is 0 Å². The summed E-state index contributed by atoms with van der Waals surface area (Å²) in [6.45, 7) is 2.43. The van der Waals surface area contributed by atoms with E-state index in [4.69, 9.17) is 16.3 Å². The molecule has 0 N–H and O–H groups in total.